The Balaban J connectivity index is 1.72. The minimum Gasteiger partial charge on any atom is -0.352 e. The Morgan fingerprint density at radius 2 is 2.04 bits per heavy atom. The SMILES string of the molecule is CS(=O)(=O)N(CC(=O)N[C@H]1C[C@H]2CC[C@H]1C2)c1ccccc1Br. The minimum absolute atomic E-state index is 0.185. The molecule has 23 heavy (non-hydrogen) atoms. The monoisotopic (exact) mass is 400 g/mol. The van der Waals surface area contributed by atoms with E-state index in [2.05, 4.69) is 21.2 Å². The Kier molecular flexibility index (Phi) is 4.69. The van der Waals surface area contributed by atoms with Crippen molar-refractivity contribution in [2.45, 2.75) is 31.7 Å². The largest absolute Gasteiger partial charge is 0.352 e. The van der Waals surface area contributed by atoms with Gasteiger partial charge in [-0.3, -0.25) is 9.10 Å². The van der Waals surface area contributed by atoms with Crippen LogP contribution in [0.1, 0.15) is 25.7 Å². The number of benzene rings is 1. The van der Waals surface area contributed by atoms with Gasteiger partial charge in [0.25, 0.3) is 0 Å². The summed E-state index contributed by atoms with van der Waals surface area (Å²) < 4.78 is 26.0. The van der Waals surface area contributed by atoms with E-state index in [1.165, 1.54) is 19.3 Å². The zero-order chi connectivity index (χ0) is 16.6. The third-order valence-corrected chi connectivity index (χ3v) is 6.69. The summed E-state index contributed by atoms with van der Waals surface area (Å²) in [6.45, 7) is -0.185. The number of anilines is 1. The molecule has 0 radical (unpaired) electrons. The van der Waals surface area contributed by atoms with Crippen molar-refractivity contribution in [2.24, 2.45) is 11.8 Å². The Hall–Kier alpha value is -1.08. The Bertz CT molecular complexity index is 707. The second kappa shape index (κ2) is 6.43. The number of fused-ring (bicyclic) bond motifs is 2. The lowest BCUT2D eigenvalue weighted by Crippen LogP contribution is -2.45. The highest BCUT2D eigenvalue weighted by molar-refractivity contribution is 9.10. The lowest BCUT2D eigenvalue weighted by atomic mass is 9.95. The van der Waals surface area contributed by atoms with Crippen molar-refractivity contribution in [3.05, 3.63) is 28.7 Å². The number of hydrogen-bond donors (Lipinski definition) is 1. The second-order valence-corrected chi connectivity index (χ2v) is 9.33. The molecule has 2 aliphatic rings. The average molecular weight is 401 g/mol. The number of para-hydroxylation sites is 1. The molecule has 0 aromatic heterocycles. The third-order valence-electron chi connectivity index (χ3n) is 4.89. The number of amides is 1. The molecule has 1 N–H and O–H groups in total. The van der Waals surface area contributed by atoms with Gasteiger partial charge in [0.05, 0.1) is 11.9 Å². The van der Waals surface area contributed by atoms with Crippen molar-refractivity contribution >= 4 is 37.5 Å². The first-order valence-corrected chi connectivity index (χ1v) is 10.5. The van der Waals surface area contributed by atoms with Gasteiger partial charge in [-0.2, -0.15) is 0 Å². The Morgan fingerprint density at radius 1 is 1.30 bits per heavy atom. The van der Waals surface area contributed by atoms with Gasteiger partial charge in [-0.05, 0) is 59.2 Å². The second-order valence-electron chi connectivity index (χ2n) is 6.57. The van der Waals surface area contributed by atoms with Crippen LogP contribution in [0.25, 0.3) is 0 Å². The minimum atomic E-state index is -3.54. The van der Waals surface area contributed by atoms with Gasteiger partial charge in [0.1, 0.15) is 6.54 Å². The summed E-state index contributed by atoms with van der Waals surface area (Å²) in [5.74, 6) is 1.07. The highest BCUT2D eigenvalue weighted by atomic mass is 79.9. The number of carbonyl (C=O) groups excluding carboxylic acids is 1. The smallest absolute Gasteiger partial charge is 0.241 e. The Morgan fingerprint density at radius 3 is 2.61 bits per heavy atom. The van der Waals surface area contributed by atoms with Crippen LogP contribution in [0.3, 0.4) is 0 Å². The highest BCUT2D eigenvalue weighted by Gasteiger charge is 2.40. The number of sulfonamides is 1. The van der Waals surface area contributed by atoms with Crippen LogP contribution >= 0.6 is 15.9 Å². The molecule has 0 unspecified atom stereocenters. The maximum atomic E-state index is 12.4. The van der Waals surface area contributed by atoms with E-state index in [9.17, 15) is 13.2 Å². The van der Waals surface area contributed by atoms with Crippen molar-refractivity contribution in [1.82, 2.24) is 5.32 Å². The lowest BCUT2D eigenvalue weighted by Gasteiger charge is -2.26. The van der Waals surface area contributed by atoms with Crippen LogP contribution in [0.2, 0.25) is 0 Å². The van der Waals surface area contributed by atoms with Crippen LogP contribution in [0, 0.1) is 11.8 Å². The van der Waals surface area contributed by atoms with Crippen LogP contribution < -0.4 is 9.62 Å². The maximum Gasteiger partial charge on any atom is 0.241 e. The van der Waals surface area contributed by atoms with Gasteiger partial charge in [0, 0.05) is 10.5 Å². The molecular weight excluding hydrogens is 380 g/mol. The zero-order valence-corrected chi connectivity index (χ0v) is 15.4. The van der Waals surface area contributed by atoms with Crippen LogP contribution in [0.15, 0.2) is 28.7 Å². The van der Waals surface area contributed by atoms with E-state index in [1.54, 1.807) is 18.2 Å². The molecule has 7 heteroatoms. The number of nitrogens with zero attached hydrogens (tertiary/aromatic N) is 1. The van der Waals surface area contributed by atoms with Crippen LogP contribution in [-0.2, 0) is 14.8 Å². The standard InChI is InChI=1S/C16H21BrN2O3S/c1-23(21,22)19(15-5-3-2-4-13(15)17)10-16(20)18-14-9-11-6-7-12(14)8-11/h2-5,11-12,14H,6-10H2,1H3,(H,18,20)/t11-,12-,14-/m0/s1. The number of nitrogens with one attached hydrogen (secondary N) is 1. The van der Waals surface area contributed by atoms with Gasteiger partial charge in [-0.25, -0.2) is 8.42 Å². The first kappa shape index (κ1) is 16.8. The molecule has 2 fully saturated rings. The molecule has 5 nitrogen and oxygen atoms in total. The van der Waals surface area contributed by atoms with E-state index in [-0.39, 0.29) is 18.5 Å². The van der Waals surface area contributed by atoms with Gasteiger partial charge >= 0.3 is 0 Å². The van der Waals surface area contributed by atoms with Crippen LogP contribution in [0.4, 0.5) is 5.69 Å². The molecule has 0 aliphatic heterocycles. The van der Waals surface area contributed by atoms with Gasteiger partial charge in [-0.15, -0.1) is 0 Å². The van der Waals surface area contributed by atoms with E-state index >= 15 is 0 Å². The van der Waals surface area contributed by atoms with E-state index in [0.717, 1.165) is 22.9 Å². The summed E-state index contributed by atoms with van der Waals surface area (Å²) in [5.41, 5.74) is 0.484. The van der Waals surface area contributed by atoms with E-state index in [0.29, 0.717) is 16.1 Å². The van der Waals surface area contributed by atoms with Gasteiger partial charge in [-0.1, -0.05) is 18.6 Å². The summed E-state index contributed by atoms with van der Waals surface area (Å²) in [4.78, 5) is 12.4. The molecule has 3 rings (SSSR count). The quantitative estimate of drug-likeness (QED) is 0.825. The van der Waals surface area contributed by atoms with Crippen molar-refractivity contribution in [1.29, 1.82) is 0 Å². The molecule has 1 aromatic carbocycles. The third kappa shape index (κ3) is 3.71. The average Bonchev–Trinajstić information content (AvgIpc) is 3.07. The van der Waals surface area contributed by atoms with Gasteiger partial charge in [0.2, 0.25) is 15.9 Å². The van der Waals surface area contributed by atoms with Crippen LogP contribution in [0.5, 0.6) is 0 Å². The normalized spacial score (nSPS) is 26.3. The van der Waals surface area contributed by atoms with Crippen molar-refractivity contribution < 1.29 is 13.2 Å². The summed E-state index contributed by atoms with van der Waals surface area (Å²) in [7, 11) is -3.54. The molecule has 3 atom stereocenters. The molecule has 0 heterocycles. The molecule has 2 bridgehead atoms. The summed E-state index contributed by atoms with van der Waals surface area (Å²) in [6, 6.07) is 7.23. The fraction of sp³-hybridized carbons (Fsp3) is 0.562. The summed E-state index contributed by atoms with van der Waals surface area (Å²) >= 11 is 3.36. The molecule has 126 valence electrons. The fourth-order valence-electron chi connectivity index (χ4n) is 3.84. The molecule has 0 spiro atoms. The predicted octanol–water partition coefficient (Wildman–Crippen LogP) is 2.52. The Labute approximate surface area is 145 Å². The maximum absolute atomic E-state index is 12.4. The van der Waals surface area contributed by atoms with Gasteiger partial charge in [0.15, 0.2) is 0 Å². The number of hydrogen-bond acceptors (Lipinski definition) is 3. The number of carbonyl (C=O) groups is 1. The molecule has 2 aliphatic carbocycles. The number of halogens is 1. The van der Waals surface area contributed by atoms with Crippen molar-refractivity contribution in [3.63, 3.8) is 0 Å². The van der Waals surface area contributed by atoms with Crippen molar-refractivity contribution in [2.75, 3.05) is 17.1 Å². The molecule has 1 amide bonds. The fourth-order valence-corrected chi connectivity index (χ4v) is 5.32. The van der Waals surface area contributed by atoms with E-state index in [4.69, 9.17) is 0 Å². The molecule has 2 saturated carbocycles. The van der Waals surface area contributed by atoms with E-state index < -0.39 is 10.0 Å². The number of rotatable bonds is 5. The van der Waals surface area contributed by atoms with Gasteiger partial charge < -0.3 is 5.32 Å². The lowest BCUT2D eigenvalue weighted by molar-refractivity contribution is -0.120. The summed E-state index contributed by atoms with van der Waals surface area (Å²) in [5, 5.41) is 3.04. The predicted molar refractivity (Wildman–Crippen MR) is 93.7 cm³/mol. The van der Waals surface area contributed by atoms with E-state index in [1.807, 2.05) is 6.07 Å². The molecule has 0 saturated heterocycles. The zero-order valence-electron chi connectivity index (χ0n) is 13.0. The molecule has 1 aromatic rings. The highest BCUT2D eigenvalue weighted by Crippen LogP contribution is 2.44. The first-order chi connectivity index (χ1) is 10.8. The first-order valence-electron chi connectivity index (χ1n) is 7.86. The molecular formula is C16H21BrN2O3S. The van der Waals surface area contributed by atoms with Crippen LogP contribution in [-0.4, -0.2) is 33.2 Å². The summed E-state index contributed by atoms with van der Waals surface area (Å²) in [6.07, 6.45) is 5.80. The topological polar surface area (TPSA) is 66.5 Å². The van der Waals surface area contributed by atoms with Crippen molar-refractivity contribution in [3.8, 4) is 0 Å².